The molecule has 0 amide bonds. The molecule has 0 atom stereocenters. The van der Waals surface area contributed by atoms with Gasteiger partial charge in [0.1, 0.15) is 0 Å². The molecule has 0 bridgehead atoms. The van der Waals surface area contributed by atoms with Gasteiger partial charge in [-0.3, -0.25) is 0 Å². The summed E-state index contributed by atoms with van der Waals surface area (Å²) in [5.74, 6) is 0. The van der Waals surface area contributed by atoms with Crippen molar-refractivity contribution in [3.8, 4) is 10.4 Å². The maximum absolute atomic E-state index is 6.09. The SMILES string of the molecule is CCO[Si](OCC)(OCC)c1ccc(/C=C/c2sc(-c3ccc4c(c3)c3ccccc3n4CC)cc2C)s1. The summed E-state index contributed by atoms with van der Waals surface area (Å²) < 4.78 is 21.7. The van der Waals surface area contributed by atoms with Crippen molar-refractivity contribution in [2.24, 2.45) is 0 Å². The summed E-state index contributed by atoms with van der Waals surface area (Å²) in [5.41, 5.74) is 5.15. The van der Waals surface area contributed by atoms with Crippen molar-refractivity contribution in [1.82, 2.24) is 4.57 Å². The van der Waals surface area contributed by atoms with Crippen molar-refractivity contribution in [2.45, 2.75) is 41.2 Å². The molecule has 0 radical (unpaired) electrons. The lowest BCUT2D eigenvalue weighted by atomic mass is 10.1. The van der Waals surface area contributed by atoms with Gasteiger partial charge in [-0.1, -0.05) is 24.3 Å². The van der Waals surface area contributed by atoms with E-state index >= 15 is 0 Å². The molecular formula is C31H35NO3S2Si. The second-order valence-corrected chi connectivity index (χ2v) is 14.1. The maximum atomic E-state index is 6.09. The van der Waals surface area contributed by atoms with E-state index in [2.05, 4.69) is 91.2 Å². The Labute approximate surface area is 234 Å². The molecule has 0 aliphatic heterocycles. The molecule has 0 N–H and O–H groups in total. The van der Waals surface area contributed by atoms with Crippen molar-refractivity contribution in [3.05, 3.63) is 76.0 Å². The summed E-state index contributed by atoms with van der Waals surface area (Å²) in [6.07, 6.45) is 4.42. The van der Waals surface area contributed by atoms with Crippen LogP contribution >= 0.6 is 22.7 Å². The van der Waals surface area contributed by atoms with Crippen LogP contribution in [0.5, 0.6) is 0 Å². The van der Waals surface area contributed by atoms with E-state index < -0.39 is 8.80 Å². The molecule has 0 saturated carbocycles. The number of hydrogen-bond donors (Lipinski definition) is 0. The summed E-state index contributed by atoms with van der Waals surface area (Å²) in [5, 5.41) is 2.64. The predicted molar refractivity (Wildman–Crippen MR) is 167 cm³/mol. The molecule has 198 valence electrons. The van der Waals surface area contributed by atoms with Crippen LogP contribution in [0, 0.1) is 6.92 Å². The molecule has 0 spiro atoms. The van der Waals surface area contributed by atoms with E-state index in [1.807, 2.05) is 32.1 Å². The van der Waals surface area contributed by atoms with Crippen molar-refractivity contribution in [1.29, 1.82) is 0 Å². The van der Waals surface area contributed by atoms with Crippen LogP contribution in [0.25, 0.3) is 44.4 Å². The van der Waals surface area contributed by atoms with Gasteiger partial charge in [0.2, 0.25) is 0 Å². The first-order valence-electron chi connectivity index (χ1n) is 13.4. The van der Waals surface area contributed by atoms with Gasteiger partial charge in [0.05, 0.1) is 4.50 Å². The molecule has 7 heteroatoms. The van der Waals surface area contributed by atoms with Crippen LogP contribution in [0.15, 0.2) is 60.7 Å². The Hall–Kier alpha value is -2.52. The number of aryl methyl sites for hydroxylation is 2. The molecule has 0 unspecified atom stereocenters. The number of hydrogen-bond acceptors (Lipinski definition) is 5. The Morgan fingerprint density at radius 3 is 2.18 bits per heavy atom. The highest BCUT2D eigenvalue weighted by Gasteiger charge is 2.44. The Balaban J connectivity index is 1.44. The minimum absolute atomic E-state index is 0.567. The third-order valence-corrected chi connectivity index (χ3v) is 12.6. The van der Waals surface area contributed by atoms with Gasteiger partial charge in [-0.05, 0) is 94.3 Å². The van der Waals surface area contributed by atoms with Crippen LogP contribution in [0.4, 0.5) is 0 Å². The second kappa shape index (κ2) is 11.7. The smallest absolute Gasteiger partial charge is 0.370 e. The third kappa shape index (κ3) is 5.07. The highest BCUT2D eigenvalue weighted by molar-refractivity contribution is 7.24. The Kier molecular flexibility index (Phi) is 8.33. The van der Waals surface area contributed by atoms with Crippen LogP contribution in [-0.4, -0.2) is 33.2 Å². The van der Waals surface area contributed by atoms with Crippen LogP contribution in [0.2, 0.25) is 0 Å². The van der Waals surface area contributed by atoms with Gasteiger partial charge in [-0.2, -0.15) is 0 Å². The highest BCUT2D eigenvalue weighted by Crippen LogP contribution is 2.37. The lowest BCUT2D eigenvalue weighted by Crippen LogP contribution is -2.55. The topological polar surface area (TPSA) is 32.6 Å². The van der Waals surface area contributed by atoms with Crippen molar-refractivity contribution in [3.63, 3.8) is 0 Å². The molecule has 5 aromatic rings. The minimum Gasteiger partial charge on any atom is -0.370 e. The zero-order valence-corrected chi connectivity index (χ0v) is 25.4. The van der Waals surface area contributed by atoms with Crippen molar-refractivity contribution < 1.29 is 13.3 Å². The average molecular weight is 562 g/mol. The second-order valence-electron chi connectivity index (χ2n) is 9.04. The first kappa shape index (κ1) is 27.1. The van der Waals surface area contributed by atoms with Crippen molar-refractivity contribution >= 4 is 69.9 Å². The van der Waals surface area contributed by atoms with Gasteiger partial charge in [0.15, 0.2) is 0 Å². The molecule has 5 rings (SSSR count). The number of benzene rings is 2. The fourth-order valence-corrected chi connectivity index (χ4v) is 10.2. The molecule has 3 aromatic heterocycles. The number of fused-ring (bicyclic) bond motifs is 3. The zero-order chi connectivity index (χ0) is 26.7. The summed E-state index contributed by atoms with van der Waals surface area (Å²) in [7, 11) is -2.87. The molecule has 0 aliphatic carbocycles. The fourth-order valence-electron chi connectivity index (χ4n) is 5.02. The summed E-state index contributed by atoms with van der Waals surface area (Å²) in [6.45, 7) is 13.0. The normalized spacial score (nSPS) is 12.4. The number of nitrogens with zero attached hydrogens (tertiary/aromatic N) is 1. The van der Waals surface area contributed by atoms with E-state index in [1.54, 1.807) is 11.3 Å². The van der Waals surface area contributed by atoms with Gasteiger partial charge in [-0.15, -0.1) is 22.7 Å². The molecule has 38 heavy (non-hydrogen) atoms. The largest absolute Gasteiger partial charge is 0.547 e. The van der Waals surface area contributed by atoms with E-state index in [4.69, 9.17) is 13.3 Å². The highest BCUT2D eigenvalue weighted by atomic mass is 32.1. The first-order valence-corrected chi connectivity index (χ1v) is 16.7. The lowest BCUT2D eigenvalue weighted by Gasteiger charge is -2.27. The van der Waals surface area contributed by atoms with E-state index in [-0.39, 0.29) is 0 Å². The average Bonchev–Trinajstić information content (AvgIpc) is 3.63. The lowest BCUT2D eigenvalue weighted by molar-refractivity contribution is 0.0866. The fraction of sp³-hybridized carbons (Fsp3) is 0.290. The van der Waals surface area contributed by atoms with Crippen LogP contribution < -0.4 is 4.50 Å². The Morgan fingerprint density at radius 1 is 0.763 bits per heavy atom. The van der Waals surface area contributed by atoms with Gasteiger partial charge in [0.25, 0.3) is 0 Å². The summed E-state index contributed by atoms with van der Waals surface area (Å²) in [4.78, 5) is 3.73. The minimum atomic E-state index is -2.87. The molecule has 0 aliphatic rings. The van der Waals surface area contributed by atoms with Gasteiger partial charge < -0.3 is 17.8 Å². The summed E-state index contributed by atoms with van der Waals surface area (Å²) >= 11 is 3.54. The van der Waals surface area contributed by atoms with Gasteiger partial charge in [0, 0.05) is 62.8 Å². The van der Waals surface area contributed by atoms with E-state index in [9.17, 15) is 0 Å². The zero-order valence-electron chi connectivity index (χ0n) is 22.7. The van der Waals surface area contributed by atoms with Gasteiger partial charge in [-0.25, -0.2) is 0 Å². The maximum Gasteiger partial charge on any atom is 0.547 e. The van der Waals surface area contributed by atoms with E-state index in [1.165, 1.54) is 47.6 Å². The van der Waals surface area contributed by atoms with Crippen LogP contribution in [0.3, 0.4) is 0 Å². The van der Waals surface area contributed by atoms with Gasteiger partial charge >= 0.3 is 8.80 Å². The Morgan fingerprint density at radius 2 is 1.47 bits per heavy atom. The molecule has 0 fully saturated rings. The van der Waals surface area contributed by atoms with Crippen molar-refractivity contribution in [2.75, 3.05) is 19.8 Å². The molecule has 4 nitrogen and oxygen atoms in total. The number of thiophene rings is 2. The van der Waals surface area contributed by atoms with E-state index in [0.717, 1.165) is 11.0 Å². The third-order valence-electron chi connectivity index (χ3n) is 6.66. The Bertz CT molecular complexity index is 1560. The number of para-hydroxylation sites is 1. The van der Waals surface area contributed by atoms with Crippen LogP contribution in [-0.2, 0) is 19.8 Å². The molecule has 3 heterocycles. The quantitative estimate of drug-likeness (QED) is 0.152. The molecule has 2 aromatic carbocycles. The standard InChI is InChI=1S/C31H35NO3S2Si/c1-6-32-27-13-11-10-12-25(27)26-21-23(14-17-28(26)32)30-20-22(5)29(37-30)18-15-24-16-19-31(36-24)38(33-7-2,34-8-3)35-9-4/h10-21H,6-9H2,1-5H3/b18-15+. The summed E-state index contributed by atoms with van der Waals surface area (Å²) in [6, 6.07) is 22.1. The van der Waals surface area contributed by atoms with E-state index in [0.29, 0.717) is 19.8 Å². The number of rotatable bonds is 11. The molecule has 0 saturated heterocycles. The molecular weight excluding hydrogens is 527 g/mol. The first-order chi connectivity index (χ1) is 18.5. The number of aromatic nitrogens is 1. The monoisotopic (exact) mass is 561 g/mol. The van der Waals surface area contributed by atoms with Crippen LogP contribution in [0.1, 0.15) is 43.0 Å². The predicted octanol–water partition coefficient (Wildman–Crippen LogP) is 8.34.